The van der Waals surface area contributed by atoms with Gasteiger partial charge < -0.3 is 20.4 Å². The van der Waals surface area contributed by atoms with Crippen molar-refractivity contribution in [3.63, 3.8) is 0 Å². The number of fused-ring (bicyclic) bond motifs is 1. The zero-order valence-electron chi connectivity index (χ0n) is 18.4. The van der Waals surface area contributed by atoms with Gasteiger partial charge in [0.1, 0.15) is 11.9 Å². The van der Waals surface area contributed by atoms with Crippen molar-refractivity contribution in [3.05, 3.63) is 96.2 Å². The fraction of sp³-hybridized carbons (Fsp3) is 0.115. The monoisotopic (exact) mass is 452 g/mol. The number of anilines is 2. The minimum atomic E-state index is -0.274. The molecule has 4 aromatic rings. The molecule has 0 aliphatic carbocycles. The number of hydrogen-bond acceptors (Lipinski definition) is 6. The first-order valence-corrected chi connectivity index (χ1v) is 11.0. The third-order valence-corrected chi connectivity index (χ3v) is 5.36. The van der Waals surface area contributed by atoms with E-state index in [0.717, 1.165) is 41.2 Å². The number of hydrogen-bond donors (Lipinski definition) is 4. The van der Waals surface area contributed by atoms with E-state index >= 15 is 0 Å². The number of benzene rings is 3. The molecular formula is C26H24N6O2. The standard InChI is InChI=1S/C26H24N6O2/c33-26(30-20-9-5-2-6-10-20)31-21-13-11-18(12-14-21)15-16-27-23-22-25(29-17-28-23)34-24(32-22)19-7-3-1-4-8-19/h1-14,17,23,27H,15-16H2,(H,28,29)(H2,30,31,33). The molecule has 0 saturated heterocycles. The maximum atomic E-state index is 12.1. The van der Waals surface area contributed by atoms with Crippen LogP contribution in [0.5, 0.6) is 0 Å². The Hall–Kier alpha value is -4.43. The van der Waals surface area contributed by atoms with Gasteiger partial charge in [0.15, 0.2) is 0 Å². The summed E-state index contributed by atoms with van der Waals surface area (Å²) < 4.78 is 5.84. The van der Waals surface area contributed by atoms with Gasteiger partial charge in [-0.15, -0.1) is 0 Å². The molecule has 4 N–H and O–H groups in total. The summed E-state index contributed by atoms with van der Waals surface area (Å²) in [7, 11) is 0. The van der Waals surface area contributed by atoms with Gasteiger partial charge in [0.2, 0.25) is 11.8 Å². The fourth-order valence-electron chi connectivity index (χ4n) is 3.64. The highest BCUT2D eigenvalue weighted by Gasteiger charge is 2.24. The lowest BCUT2D eigenvalue weighted by molar-refractivity contribution is 0.262. The third-order valence-electron chi connectivity index (χ3n) is 5.36. The highest BCUT2D eigenvalue weighted by atomic mass is 16.4. The molecule has 8 nitrogen and oxygen atoms in total. The Labute approximate surface area is 197 Å². The molecule has 34 heavy (non-hydrogen) atoms. The molecule has 0 saturated carbocycles. The molecular weight excluding hydrogens is 428 g/mol. The number of rotatable bonds is 7. The van der Waals surface area contributed by atoms with Gasteiger partial charge in [-0.25, -0.2) is 14.8 Å². The third kappa shape index (κ3) is 5.13. The molecule has 1 aliphatic rings. The fourth-order valence-corrected chi connectivity index (χ4v) is 3.64. The van der Waals surface area contributed by atoms with Crippen LogP contribution >= 0.6 is 0 Å². The van der Waals surface area contributed by atoms with Crippen LogP contribution in [0.25, 0.3) is 11.5 Å². The maximum absolute atomic E-state index is 12.1. The van der Waals surface area contributed by atoms with Gasteiger partial charge in [-0.2, -0.15) is 0 Å². The van der Waals surface area contributed by atoms with Crippen molar-refractivity contribution in [1.82, 2.24) is 15.6 Å². The topological polar surface area (TPSA) is 104 Å². The molecule has 0 spiro atoms. The summed E-state index contributed by atoms with van der Waals surface area (Å²) in [5.74, 6) is 1.07. The number of aliphatic imine (C=N–C) groups is 1. The van der Waals surface area contributed by atoms with Gasteiger partial charge in [0.05, 0.1) is 6.34 Å². The van der Waals surface area contributed by atoms with E-state index in [4.69, 9.17) is 4.42 Å². The number of carbonyl (C=O) groups excluding carboxylic acids is 1. The number of aromatic nitrogens is 1. The molecule has 2 heterocycles. The van der Waals surface area contributed by atoms with E-state index in [-0.39, 0.29) is 12.2 Å². The number of nitrogens with one attached hydrogen (secondary N) is 4. The van der Waals surface area contributed by atoms with Crippen molar-refractivity contribution in [2.75, 3.05) is 17.2 Å². The van der Waals surface area contributed by atoms with Crippen molar-refractivity contribution < 1.29 is 9.21 Å². The summed E-state index contributed by atoms with van der Waals surface area (Å²) in [5, 5.41) is 12.3. The highest BCUT2D eigenvalue weighted by molar-refractivity contribution is 5.99. The quantitative estimate of drug-likeness (QED) is 0.313. The Morgan fingerprint density at radius 3 is 2.29 bits per heavy atom. The summed E-state index contributed by atoms with van der Waals surface area (Å²) >= 11 is 0. The molecule has 170 valence electrons. The number of nitrogens with zero attached hydrogens (tertiary/aromatic N) is 2. The van der Waals surface area contributed by atoms with Crippen molar-refractivity contribution >= 4 is 29.6 Å². The van der Waals surface area contributed by atoms with E-state index < -0.39 is 0 Å². The Morgan fingerprint density at radius 1 is 0.882 bits per heavy atom. The Kier molecular flexibility index (Phi) is 6.31. The van der Waals surface area contributed by atoms with E-state index in [1.807, 2.05) is 84.9 Å². The molecule has 1 aromatic heterocycles. The molecule has 0 fully saturated rings. The lowest BCUT2D eigenvalue weighted by Crippen LogP contribution is -2.36. The smallest absolute Gasteiger partial charge is 0.323 e. The molecule has 0 radical (unpaired) electrons. The SMILES string of the molecule is O=C(Nc1ccccc1)Nc1ccc(CCNC2NC=Nc3oc(-c4ccccc4)nc32)cc1. The van der Waals surface area contributed by atoms with E-state index in [0.29, 0.717) is 11.8 Å². The van der Waals surface area contributed by atoms with Gasteiger partial charge in [0, 0.05) is 23.5 Å². The lowest BCUT2D eigenvalue weighted by atomic mass is 10.1. The van der Waals surface area contributed by atoms with Crippen LogP contribution < -0.4 is 21.3 Å². The first-order valence-electron chi connectivity index (χ1n) is 11.0. The molecule has 1 atom stereocenters. The van der Waals surface area contributed by atoms with Crippen molar-refractivity contribution in [2.45, 2.75) is 12.6 Å². The number of oxazole rings is 1. The zero-order valence-corrected chi connectivity index (χ0v) is 18.4. The van der Waals surface area contributed by atoms with Crippen LogP contribution in [0.15, 0.2) is 94.3 Å². The van der Waals surface area contributed by atoms with E-state index in [2.05, 4.69) is 31.2 Å². The molecule has 8 heteroatoms. The highest BCUT2D eigenvalue weighted by Crippen LogP contribution is 2.32. The van der Waals surface area contributed by atoms with Crippen LogP contribution in [-0.2, 0) is 6.42 Å². The Morgan fingerprint density at radius 2 is 1.56 bits per heavy atom. The number of carbonyl (C=O) groups is 1. The lowest BCUT2D eigenvalue weighted by Gasteiger charge is -2.19. The first-order chi connectivity index (χ1) is 16.7. The largest absolute Gasteiger partial charge is 0.418 e. The van der Waals surface area contributed by atoms with Gasteiger partial charge in [-0.3, -0.25) is 5.32 Å². The molecule has 2 amide bonds. The van der Waals surface area contributed by atoms with Crippen molar-refractivity contribution in [2.24, 2.45) is 4.99 Å². The molecule has 1 unspecified atom stereocenters. The number of para-hydroxylation sites is 1. The van der Waals surface area contributed by atoms with E-state index in [1.54, 1.807) is 6.34 Å². The summed E-state index contributed by atoms with van der Waals surface area (Å²) in [6.07, 6.45) is 2.25. The predicted molar refractivity (Wildman–Crippen MR) is 133 cm³/mol. The Balaban J connectivity index is 1.14. The summed E-state index contributed by atoms with van der Waals surface area (Å²) in [4.78, 5) is 21.1. The summed E-state index contributed by atoms with van der Waals surface area (Å²) in [6, 6.07) is 26.6. The van der Waals surface area contributed by atoms with Crippen LogP contribution in [0, 0.1) is 0 Å². The second-order valence-corrected chi connectivity index (χ2v) is 7.78. The van der Waals surface area contributed by atoms with Crippen molar-refractivity contribution in [3.8, 4) is 11.5 Å². The van der Waals surface area contributed by atoms with Gasteiger partial charge in [-0.05, 0) is 48.4 Å². The maximum Gasteiger partial charge on any atom is 0.323 e. The zero-order chi connectivity index (χ0) is 23.2. The second kappa shape index (κ2) is 10.0. The average molecular weight is 453 g/mol. The van der Waals surface area contributed by atoms with Crippen LogP contribution in [0.1, 0.15) is 17.4 Å². The van der Waals surface area contributed by atoms with Crippen LogP contribution in [-0.4, -0.2) is 23.9 Å². The normalized spacial score (nSPS) is 14.2. The van der Waals surface area contributed by atoms with Crippen LogP contribution in [0.3, 0.4) is 0 Å². The van der Waals surface area contributed by atoms with Crippen LogP contribution in [0.4, 0.5) is 22.1 Å². The van der Waals surface area contributed by atoms with Gasteiger partial charge >= 0.3 is 6.03 Å². The Bertz CT molecular complexity index is 1270. The van der Waals surface area contributed by atoms with Crippen molar-refractivity contribution in [1.29, 1.82) is 0 Å². The minimum absolute atomic E-state index is 0.184. The number of urea groups is 1. The predicted octanol–water partition coefficient (Wildman–Crippen LogP) is 5.08. The van der Waals surface area contributed by atoms with E-state index in [9.17, 15) is 4.79 Å². The van der Waals surface area contributed by atoms with Gasteiger partial charge in [0.25, 0.3) is 0 Å². The summed E-state index contributed by atoms with van der Waals surface area (Å²) in [5.41, 5.74) is 4.28. The minimum Gasteiger partial charge on any atom is -0.418 e. The summed E-state index contributed by atoms with van der Waals surface area (Å²) in [6.45, 7) is 0.722. The molecule has 3 aromatic carbocycles. The second-order valence-electron chi connectivity index (χ2n) is 7.78. The van der Waals surface area contributed by atoms with Crippen LogP contribution in [0.2, 0.25) is 0 Å². The molecule has 0 bridgehead atoms. The van der Waals surface area contributed by atoms with Gasteiger partial charge in [-0.1, -0.05) is 48.5 Å². The molecule has 1 aliphatic heterocycles. The number of amides is 2. The average Bonchev–Trinajstić information content (AvgIpc) is 3.32. The molecule has 5 rings (SSSR count). The first kappa shape index (κ1) is 21.4. The van der Waals surface area contributed by atoms with E-state index in [1.165, 1.54) is 0 Å².